The number of nitrogens with zero attached hydrogens (tertiary/aromatic N) is 2. The zero-order chi connectivity index (χ0) is 18.5. The zero-order valence-corrected chi connectivity index (χ0v) is 17.1. The molecule has 0 aliphatic heterocycles. The third-order valence-corrected chi connectivity index (χ3v) is 5.97. The first-order chi connectivity index (χ1) is 12.7. The highest BCUT2D eigenvalue weighted by atomic mass is 32.1. The molecule has 0 fully saturated rings. The molecule has 1 heterocycles. The highest BCUT2D eigenvalue weighted by molar-refractivity contribution is 7.19. The second-order valence-electron chi connectivity index (χ2n) is 6.39. The lowest BCUT2D eigenvalue weighted by Gasteiger charge is -2.23. The summed E-state index contributed by atoms with van der Waals surface area (Å²) in [7, 11) is 0. The van der Waals surface area contributed by atoms with Crippen molar-refractivity contribution in [3.8, 4) is 0 Å². The van der Waals surface area contributed by atoms with Crippen LogP contribution in [0.25, 0.3) is 22.0 Å². The minimum absolute atomic E-state index is 0.978. The van der Waals surface area contributed by atoms with Crippen molar-refractivity contribution in [3.05, 3.63) is 64.2 Å². The summed E-state index contributed by atoms with van der Waals surface area (Å²) >= 11 is 1.81. The summed E-state index contributed by atoms with van der Waals surface area (Å²) in [6, 6.07) is 15.1. The van der Waals surface area contributed by atoms with Crippen LogP contribution in [0.3, 0.4) is 0 Å². The first kappa shape index (κ1) is 18.7. The van der Waals surface area contributed by atoms with Gasteiger partial charge in [0.15, 0.2) is 0 Å². The smallest absolute Gasteiger partial charge is 0.140 e. The molecule has 0 N–H and O–H groups in total. The van der Waals surface area contributed by atoms with E-state index in [1.807, 2.05) is 11.3 Å². The predicted molar refractivity (Wildman–Crippen MR) is 116 cm³/mol. The van der Waals surface area contributed by atoms with Crippen LogP contribution in [0.1, 0.15) is 49.4 Å². The van der Waals surface area contributed by atoms with E-state index < -0.39 is 0 Å². The van der Waals surface area contributed by atoms with Crippen LogP contribution in [0.15, 0.2) is 42.5 Å². The Morgan fingerprint density at radius 3 is 2.31 bits per heavy atom. The largest absolute Gasteiger partial charge is 0.370 e. The van der Waals surface area contributed by atoms with Crippen molar-refractivity contribution in [2.24, 2.45) is 0 Å². The van der Waals surface area contributed by atoms with Crippen molar-refractivity contribution in [2.45, 2.75) is 40.5 Å². The summed E-state index contributed by atoms with van der Waals surface area (Å²) in [6.07, 6.45) is 4.37. The van der Waals surface area contributed by atoms with Crippen molar-refractivity contribution in [1.29, 1.82) is 0 Å². The monoisotopic (exact) mass is 364 g/mol. The van der Waals surface area contributed by atoms with E-state index in [4.69, 9.17) is 4.98 Å². The maximum atomic E-state index is 5.11. The fraction of sp³-hybridized carbons (Fsp3) is 0.348. The SMILES string of the molecule is CCc1ccc2sc(C(=Cc3ccccc3)N(CC)CC)nc2c1CC. The van der Waals surface area contributed by atoms with Crippen LogP contribution in [0, 0.1) is 0 Å². The van der Waals surface area contributed by atoms with Gasteiger partial charge in [-0.05, 0) is 55.5 Å². The summed E-state index contributed by atoms with van der Waals surface area (Å²) in [4.78, 5) is 7.51. The Balaban J connectivity index is 2.16. The third kappa shape index (κ3) is 3.68. The molecule has 0 saturated heterocycles. The normalized spacial score (nSPS) is 11.9. The minimum Gasteiger partial charge on any atom is -0.370 e. The van der Waals surface area contributed by atoms with Crippen molar-refractivity contribution >= 4 is 33.3 Å². The summed E-state index contributed by atoms with van der Waals surface area (Å²) in [6.45, 7) is 10.8. The van der Waals surface area contributed by atoms with Crippen LogP contribution in [0.2, 0.25) is 0 Å². The van der Waals surface area contributed by atoms with E-state index in [1.54, 1.807) is 0 Å². The van der Waals surface area contributed by atoms with Crippen LogP contribution < -0.4 is 0 Å². The lowest BCUT2D eigenvalue weighted by atomic mass is 10.0. The van der Waals surface area contributed by atoms with Gasteiger partial charge in [0.1, 0.15) is 5.01 Å². The highest BCUT2D eigenvalue weighted by Crippen LogP contribution is 2.33. The van der Waals surface area contributed by atoms with E-state index in [0.717, 1.165) is 30.9 Å². The maximum absolute atomic E-state index is 5.11. The van der Waals surface area contributed by atoms with Gasteiger partial charge in [-0.25, -0.2) is 4.98 Å². The lowest BCUT2D eigenvalue weighted by molar-refractivity contribution is 0.443. The van der Waals surface area contributed by atoms with Gasteiger partial charge in [-0.2, -0.15) is 0 Å². The van der Waals surface area contributed by atoms with Gasteiger partial charge in [0.2, 0.25) is 0 Å². The van der Waals surface area contributed by atoms with Crippen molar-refractivity contribution in [3.63, 3.8) is 0 Å². The molecule has 2 aromatic carbocycles. The van der Waals surface area contributed by atoms with Crippen molar-refractivity contribution in [1.82, 2.24) is 9.88 Å². The van der Waals surface area contributed by atoms with Crippen LogP contribution >= 0.6 is 11.3 Å². The molecule has 0 aliphatic rings. The number of fused-ring (bicyclic) bond motifs is 1. The number of thiazole rings is 1. The molecule has 0 bridgehead atoms. The summed E-state index contributed by atoms with van der Waals surface area (Å²) < 4.78 is 1.29. The second-order valence-corrected chi connectivity index (χ2v) is 7.42. The Kier molecular flexibility index (Phi) is 6.10. The molecule has 2 nitrogen and oxygen atoms in total. The van der Waals surface area contributed by atoms with Gasteiger partial charge in [0.05, 0.1) is 15.9 Å². The molecule has 0 amide bonds. The molecular formula is C23H28N2S. The Hall–Kier alpha value is -2.13. The lowest BCUT2D eigenvalue weighted by Crippen LogP contribution is -2.21. The molecule has 0 atom stereocenters. The minimum atomic E-state index is 0.978. The molecule has 136 valence electrons. The van der Waals surface area contributed by atoms with E-state index in [9.17, 15) is 0 Å². The number of aromatic nitrogens is 1. The Morgan fingerprint density at radius 1 is 0.962 bits per heavy atom. The average Bonchev–Trinajstić information content (AvgIpc) is 3.12. The molecule has 0 radical (unpaired) electrons. The van der Waals surface area contributed by atoms with Gasteiger partial charge in [0.25, 0.3) is 0 Å². The standard InChI is InChI=1S/C23H28N2S/c1-5-18-14-15-21-22(19(18)6-2)24-23(26-21)20(25(7-3)8-4)16-17-12-10-9-11-13-17/h9-16H,5-8H2,1-4H3. The average molecular weight is 365 g/mol. The number of hydrogen-bond donors (Lipinski definition) is 0. The Bertz CT molecular complexity index is 889. The quantitative estimate of drug-likeness (QED) is 0.492. The van der Waals surface area contributed by atoms with E-state index >= 15 is 0 Å². The number of hydrogen-bond acceptors (Lipinski definition) is 3. The van der Waals surface area contributed by atoms with Gasteiger partial charge < -0.3 is 4.90 Å². The Morgan fingerprint density at radius 2 is 1.69 bits per heavy atom. The fourth-order valence-corrected chi connectivity index (χ4v) is 4.52. The predicted octanol–water partition coefficient (Wildman–Crippen LogP) is 6.26. The number of aryl methyl sites for hydroxylation is 2. The van der Waals surface area contributed by atoms with E-state index in [1.165, 1.54) is 32.6 Å². The highest BCUT2D eigenvalue weighted by Gasteiger charge is 2.16. The van der Waals surface area contributed by atoms with Crippen LogP contribution in [0.5, 0.6) is 0 Å². The maximum Gasteiger partial charge on any atom is 0.140 e. The molecular weight excluding hydrogens is 336 g/mol. The van der Waals surface area contributed by atoms with Crippen LogP contribution in [-0.4, -0.2) is 23.0 Å². The van der Waals surface area contributed by atoms with Gasteiger partial charge in [0, 0.05) is 13.1 Å². The van der Waals surface area contributed by atoms with Gasteiger partial charge in [-0.3, -0.25) is 0 Å². The van der Waals surface area contributed by atoms with Crippen LogP contribution in [0.4, 0.5) is 0 Å². The number of benzene rings is 2. The van der Waals surface area contributed by atoms with E-state index in [2.05, 4.69) is 81.1 Å². The molecule has 0 saturated carbocycles. The summed E-state index contributed by atoms with van der Waals surface area (Å²) in [5.74, 6) is 0. The first-order valence-electron chi connectivity index (χ1n) is 9.65. The van der Waals surface area contributed by atoms with Crippen molar-refractivity contribution in [2.75, 3.05) is 13.1 Å². The molecule has 0 unspecified atom stereocenters. The van der Waals surface area contributed by atoms with E-state index in [-0.39, 0.29) is 0 Å². The van der Waals surface area contributed by atoms with Crippen molar-refractivity contribution < 1.29 is 0 Å². The fourth-order valence-electron chi connectivity index (χ4n) is 3.49. The second kappa shape index (κ2) is 8.50. The first-order valence-corrected chi connectivity index (χ1v) is 10.5. The molecule has 1 aromatic heterocycles. The molecule has 3 aromatic rings. The van der Waals surface area contributed by atoms with E-state index in [0.29, 0.717) is 0 Å². The molecule has 0 spiro atoms. The van der Waals surface area contributed by atoms with Gasteiger partial charge >= 0.3 is 0 Å². The molecule has 26 heavy (non-hydrogen) atoms. The molecule has 3 heteroatoms. The number of rotatable bonds is 7. The summed E-state index contributed by atoms with van der Waals surface area (Å²) in [5.41, 5.74) is 6.47. The molecule has 0 aliphatic carbocycles. The van der Waals surface area contributed by atoms with Crippen LogP contribution in [-0.2, 0) is 12.8 Å². The molecule has 3 rings (SSSR count). The third-order valence-electron chi connectivity index (χ3n) is 4.92. The Labute approximate surface area is 161 Å². The summed E-state index contributed by atoms with van der Waals surface area (Å²) in [5, 5.41) is 1.12. The van der Waals surface area contributed by atoms with Gasteiger partial charge in [-0.15, -0.1) is 11.3 Å². The zero-order valence-electron chi connectivity index (χ0n) is 16.2. The van der Waals surface area contributed by atoms with Gasteiger partial charge in [-0.1, -0.05) is 50.2 Å². The topological polar surface area (TPSA) is 16.1 Å².